The molecule has 0 radical (unpaired) electrons. The number of carbonyl (C=O) groups excluding carboxylic acids is 1. The number of nitrogens with one attached hydrogen (secondary N) is 1. The number of benzene rings is 2. The van der Waals surface area contributed by atoms with Crippen molar-refractivity contribution in [2.75, 3.05) is 5.32 Å². The second kappa shape index (κ2) is 6.11. The average molecular weight is 358 g/mol. The Hall–Kier alpha value is -2.47. The SMILES string of the molecule is Cc1ccc(-c2nonc2NC(=O)c2ccc(Br)cc2)cc1. The highest BCUT2D eigenvalue weighted by atomic mass is 79.9. The molecule has 1 amide bonds. The van der Waals surface area contributed by atoms with Gasteiger partial charge in [0.25, 0.3) is 5.91 Å². The van der Waals surface area contributed by atoms with Gasteiger partial charge in [0.2, 0.25) is 5.82 Å². The van der Waals surface area contributed by atoms with Gasteiger partial charge in [0.1, 0.15) is 0 Å². The molecule has 0 aliphatic rings. The fraction of sp³-hybridized carbons (Fsp3) is 0.0625. The first kappa shape index (κ1) is 14.5. The van der Waals surface area contributed by atoms with E-state index in [4.69, 9.17) is 4.63 Å². The van der Waals surface area contributed by atoms with Crippen LogP contribution in [0.2, 0.25) is 0 Å². The van der Waals surface area contributed by atoms with Crippen LogP contribution in [-0.2, 0) is 0 Å². The summed E-state index contributed by atoms with van der Waals surface area (Å²) >= 11 is 3.33. The Labute approximate surface area is 135 Å². The Kier molecular flexibility index (Phi) is 4.02. The van der Waals surface area contributed by atoms with Crippen LogP contribution in [-0.4, -0.2) is 16.2 Å². The molecule has 110 valence electrons. The molecule has 0 aliphatic carbocycles. The van der Waals surface area contributed by atoms with Crippen molar-refractivity contribution in [3.63, 3.8) is 0 Å². The van der Waals surface area contributed by atoms with Crippen molar-refractivity contribution in [1.29, 1.82) is 0 Å². The summed E-state index contributed by atoms with van der Waals surface area (Å²) in [4.78, 5) is 12.2. The molecule has 22 heavy (non-hydrogen) atoms. The lowest BCUT2D eigenvalue weighted by Gasteiger charge is -2.04. The van der Waals surface area contributed by atoms with E-state index in [-0.39, 0.29) is 5.91 Å². The monoisotopic (exact) mass is 357 g/mol. The Bertz CT molecular complexity index is 795. The lowest BCUT2D eigenvalue weighted by Crippen LogP contribution is -2.12. The van der Waals surface area contributed by atoms with Crippen molar-refractivity contribution < 1.29 is 9.42 Å². The van der Waals surface area contributed by atoms with Crippen LogP contribution in [0.5, 0.6) is 0 Å². The van der Waals surface area contributed by atoms with E-state index < -0.39 is 0 Å². The predicted molar refractivity (Wildman–Crippen MR) is 86.6 cm³/mol. The predicted octanol–water partition coefficient (Wildman–Crippen LogP) is 4.06. The summed E-state index contributed by atoms with van der Waals surface area (Å²) in [7, 11) is 0. The molecule has 1 heterocycles. The summed E-state index contributed by atoms with van der Waals surface area (Å²) in [5.74, 6) is 0.0355. The number of aromatic nitrogens is 2. The van der Waals surface area contributed by atoms with Crippen LogP contribution >= 0.6 is 15.9 Å². The molecule has 2 aromatic carbocycles. The summed E-state index contributed by atoms with van der Waals surface area (Å²) in [6.07, 6.45) is 0. The molecule has 0 saturated heterocycles. The van der Waals surface area contributed by atoms with Gasteiger partial charge in [-0.05, 0) is 41.5 Å². The largest absolute Gasteiger partial charge is 0.302 e. The molecule has 5 nitrogen and oxygen atoms in total. The Morgan fingerprint density at radius 1 is 1.05 bits per heavy atom. The number of halogens is 1. The van der Waals surface area contributed by atoms with Crippen LogP contribution in [0.15, 0.2) is 57.6 Å². The molecule has 3 rings (SSSR count). The van der Waals surface area contributed by atoms with Gasteiger partial charge in [-0.3, -0.25) is 4.79 Å². The van der Waals surface area contributed by atoms with E-state index in [0.29, 0.717) is 17.1 Å². The van der Waals surface area contributed by atoms with Gasteiger partial charge < -0.3 is 5.32 Å². The van der Waals surface area contributed by atoms with Gasteiger partial charge in [0.15, 0.2) is 5.69 Å². The molecular formula is C16H12BrN3O2. The lowest BCUT2D eigenvalue weighted by molar-refractivity contribution is 0.102. The second-order valence-electron chi connectivity index (χ2n) is 4.79. The first-order valence-electron chi connectivity index (χ1n) is 6.60. The van der Waals surface area contributed by atoms with E-state index in [1.54, 1.807) is 24.3 Å². The zero-order valence-corrected chi connectivity index (χ0v) is 13.3. The number of amides is 1. The van der Waals surface area contributed by atoms with Gasteiger partial charge >= 0.3 is 0 Å². The minimum absolute atomic E-state index is 0.267. The van der Waals surface area contributed by atoms with Crippen molar-refractivity contribution in [3.05, 3.63) is 64.1 Å². The van der Waals surface area contributed by atoms with Crippen LogP contribution in [0.25, 0.3) is 11.3 Å². The third-order valence-electron chi connectivity index (χ3n) is 3.15. The van der Waals surface area contributed by atoms with E-state index in [2.05, 4.69) is 31.6 Å². The molecule has 0 spiro atoms. The van der Waals surface area contributed by atoms with Crippen LogP contribution in [0, 0.1) is 6.92 Å². The van der Waals surface area contributed by atoms with Gasteiger partial charge in [-0.25, -0.2) is 4.63 Å². The van der Waals surface area contributed by atoms with Gasteiger partial charge in [-0.2, -0.15) is 0 Å². The lowest BCUT2D eigenvalue weighted by atomic mass is 10.1. The average Bonchev–Trinajstić information content (AvgIpc) is 2.97. The van der Waals surface area contributed by atoms with Crippen molar-refractivity contribution in [2.45, 2.75) is 6.92 Å². The summed E-state index contributed by atoms with van der Waals surface area (Å²) in [5.41, 5.74) is 3.00. The molecule has 0 fully saturated rings. The second-order valence-corrected chi connectivity index (χ2v) is 5.70. The van der Waals surface area contributed by atoms with Crippen LogP contribution in [0.3, 0.4) is 0 Å². The van der Waals surface area contributed by atoms with Crippen LogP contribution in [0.1, 0.15) is 15.9 Å². The van der Waals surface area contributed by atoms with Crippen molar-refractivity contribution in [3.8, 4) is 11.3 Å². The van der Waals surface area contributed by atoms with Gasteiger partial charge in [0.05, 0.1) is 0 Å². The maximum Gasteiger partial charge on any atom is 0.256 e. The fourth-order valence-corrected chi connectivity index (χ4v) is 2.22. The van der Waals surface area contributed by atoms with Gasteiger partial charge in [-0.1, -0.05) is 45.8 Å². The number of rotatable bonds is 3. The third kappa shape index (κ3) is 3.07. The number of hydrogen-bond acceptors (Lipinski definition) is 4. The molecule has 1 N–H and O–H groups in total. The first-order valence-corrected chi connectivity index (χ1v) is 7.39. The zero-order chi connectivity index (χ0) is 15.5. The molecule has 0 bridgehead atoms. The number of anilines is 1. The Balaban J connectivity index is 1.84. The molecule has 0 atom stereocenters. The van der Waals surface area contributed by atoms with Crippen LogP contribution in [0.4, 0.5) is 5.82 Å². The summed E-state index contributed by atoms with van der Waals surface area (Å²) in [6, 6.07) is 14.8. The normalized spacial score (nSPS) is 10.5. The molecule has 0 saturated carbocycles. The standard InChI is InChI=1S/C16H12BrN3O2/c1-10-2-4-11(5-3-10)14-15(20-22-19-14)18-16(21)12-6-8-13(17)9-7-12/h2-9H,1H3,(H,18,20,21). The first-order chi connectivity index (χ1) is 10.6. The van der Waals surface area contributed by atoms with Crippen LogP contribution < -0.4 is 5.32 Å². The van der Waals surface area contributed by atoms with Crippen molar-refractivity contribution in [2.24, 2.45) is 0 Å². The summed E-state index contributed by atoms with van der Waals surface area (Å²) in [5, 5.41) is 10.4. The highest BCUT2D eigenvalue weighted by Crippen LogP contribution is 2.25. The third-order valence-corrected chi connectivity index (χ3v) is 3.68. The molecule has 6 heteroatoms. The topological polar surface area (TPSA) is 68.0 Å². The van der Waals surface area contributed by atoms with E-state index in [1.807, 2.05) is 31.2 Å². The van der Waals surface area contributed by atoms with E-state index in [1.165, 1.54) is 0 Å². The fourth-order valence-electron chi connectivity index (χ4n) is 1.95. The highest BCUT2D eigenvalue weighted by molar-refractivity contribution is 9.10. The highest BCUT2D eigenvalue weighted by Gasteiger charge is 2.15. The minimum Gasteiger partial charge on any atom is -0.302 e. The van der Waals surface area contributed by atoms with E-state index >= 15 is 0 Å². The summed E-state index contributed by atoms with van der Waals surface area (Å²) < 4.78 is 5.67. The van der Waals surface area contributed by atoms with Crippen molar-refractivity contribution >= 4 is 27.7 Å². The van der Waals surface area contributed by atoms with E-state index in [9.17, 15) is 4.79 Å². The molecule has 3 aromatic rings. The van der Waals surface area contributed by atoms with Crippen molar-refractivity contribution in [1.82, 2.24) is 10.3 Å². The molecule has 1 aromatic heterocycles. The Morgan fingerprint density at radius 2 is 1.73 bits per heavy atom. The molecular weight excluding hydrogens is 346 g/mol. The number of carbonyl (C=O) groups is 1. The molecule has 0 aliphatic heterocycles. The number of nitrogens with zero attached hydrogens (tertiary/aromatic N) is 2. The molecule has 0 unspecified atom stereocenters. The summed E-state index contributed by atoms with van der Waals surface area (Å²) in [6.45, 7) is 2.00. The smallest absolute Gasteiger partial charge is 0.256 e. The van der Waals surface area contributed by atoms with Gasteiger partial charge in [-0.15, -0.1) is 0 Å². The number of aryl methyl sites for hydroxylation is 1. The maximum absolute atomic E-state index is 12.2. The minimum atomic E-state index is -0.267. The Morgan fingerprint density at radius 3 is 2.41 bits per heavy atom. The maximum atomic E-state index is 12.2. The zero-order valence-electron chi connectivity index (χ0n) is 11.7. The number of hydrogen-bond donors (Lipinski definition) is 1. The van der Waals surface area contributed by atoms with Gasteiger partial charge in [0, 0.05) is 15.6 Å². The van der Waals surface area contributed by atoms with E-state index in [0.717, 1.165) is 15.6 Å². The quantitative estimate of drug-likeness (QED) is 0.767.